The van der Waals surface area contributed by atoms with Gasteiger partial charge in [-0.15, -0.1) is 0 Å². The van der Waals surface area contributed by atoms with Crippen molar-refractivity contribution in [1.29, 1.82) is 0 Å². The molecule has 0 heterocycles. The van der Waals surface area contributed by atoms with Gasteiger partial charge in [0.05, 0.1) is 18.7 Å². The first kappa shape index (κ1) is 9.94. The van der Waals surface area contributed by atoms with Crippen molar-refractivity contribution in [3.8, 4) is 0 Å². The molecule has 0 rings (SSSR count). The topological polar surface area (TPSA) is 58.9 Å². The molecule has 0 unspecified atom stereocenters. The van der Waals surface area contributed by atoms with E-state index >= 15 is 0 Å². The predicted molar refractivity (Wildman–Crippen MR) is 40.8 cm³/mol. The van der Waals surface area contributed by atoms with E-state index in [9.17, 15) is 4.79 Å². The first-order valence-electron chi connectivity index (χ1n) is 3.53. The van der Waals surface area contributed by atoms with Gasteiger partial charge in [0.1, 0.15) is 0 Å². The van der Waals surface area contributed by atoms with Gasteiger partial charge in [-0.3, -0.25) is 4.79 Å². The Hall–Kier alpha value is -1.06. The van der Waals surface area contributed by atoms with Crippen molar-refractivity contribution < 1.29 is 14.7 Å². The lowest BCUT2D eigenvalue weighted by atomic mass is 10.2. The maximum absolute atomic E-state index is 10.7. The van der Waals surface area contributed by atoms with E-state index in [2.05, 4.69) is 9.89 Å². The molecule has 1 N–H and O–H groups in total. The van der Waals surface area contributed by atoms with Crippen molar-refractivity contribution in [2.75, 3.05) is 6.61 Å². The van der Waals surface area contributed by atoms with Crippen molar-refractivity contribution in [1.82, 2.24) is 0 Å². The van der Waals surface area contributed by atoms with Gasteiger partial charge in [-0.05, 0) is 20.3 Å². The Labute approximate surface area is 65.8 Å². The molecular weight excluding hydrogens is 146 g/mol. The minimum absolute atomic E-state index is 0.254. The van der Waals surface area contributed by atoms with Crippen molar-refractivity contribution in [2.45, 2.75) is 26.7 Å². The van der Waals surface area contributed by atoms with Crippen LogP contribution in [0.4, 0.5) is 0 Å². The Morgan fingerprint density at radius 1 is 1.55 bits per heavy atom. The van der Waals surface area contributed by atoms with E-state index in [4.69, 9.17) is 5.21 Å². The highest BCUT2D eigenvalue weighted by molar-refractivity contribution is 5.84. The van der Waals surface area contributed by atoms with Gasteiger partial charge in [0.2, 0.25) is 0 Å². The summed E-state index contributed by atoms with van der Waals surface area (Å²) in [7, 11) is 0. The van der Waals surface area contributed by atoms with Crippen LogP contribution in [0.15, 0.2) is 5.16 Å². The summed E-state index contributed by atoms with van der Waals surface area (Å²) in [5.74, 6) is -0.254. The van der Waals surface area contributed by atoms with E-state index in [-0.39, 0.29) is 12.4 Å². The Balaban J connectivity index is 3.46. The highest BCUT2D eigenvalue weighted by atomic mass is 16.5. The van der Waals surface area contributed by atoms with Gasteiger partial charge in [-0.25, -0.2) is 0 Å². The number of oxime groups is 1. The van der Waals surface area contributed by atoms with E-state index in [1.54, 1.807) is 13.8 Å². The van der Waals surface area contributed by atoms with Gasteiger partial charge < -0.3 is 9.94 Å². The zero-order valence-electron chi connectivity index (χ0n) is 6.83. The van der Waals surface area contributed by atoms with Crippen molar-refractivity contribution in [3.63, 3.8) is 0 Å². The van der Waals surface area contributed by atoms with Gasteiger partial charge in [0.25, 0.3) is 0 Å². The molecule has 0 fully saturated rings. The van der Waals surface area contributed by atoms with E-state index < -0.39 is 0 Å². The molecule has 4 heteroatoms. The van der Waals surface area contributed by atoms with Crippen LogP contribution in [0.2, 0.25) is 0 Å². The third kappa shape index (κ3) is 5.39. The molecule has 0 bridgehead atoms. The fraction of sp³-hybridized carbons (Fsp3) is 0.714. The third-order valence-electron chi connectivity index (χ3n) is 1.17. The van der Waals surface area contributed by atoms with Gasteiger partial charge in [0.15, 0.2) is 0 Å². The molecule has 11 heavy (non-hydrogen) atoms. The molecule has 0 amide bonds. The van der Waals surface area contributed by atoms with Crippen LogP contribution >= 0.6 is 0 Å². The maximum atomic E-state index is 10.7. The van der Waals surface area contributed by atoms with Crippen LogP contribution in [0.3, 0.4) is 0 Å². The van der Waals surface area contributed by atoms with E-state index in [0.717, 1.165) is 0 Å². The number of hydrogen-bond acceptors (Lipinski definition) is 4. The average Bonchev–Trinajstić information content (AvgIpc) is 2.01. The van der Waals surface area contributed by atoms with Crippen molar-refractivity contribution in [2.24, 2.45) is 5.16 Å². The summed E-state index contributed by atoms with van der Waals surface area (Å²) >= 11 is 0. The lowest BCUT2D eigenvalue weighted by Crippen LogP contribution is -2.05. The number of rotatable bonds is 4. The molecule has 64 valence electrons. The first-order valence-corrected chi connectivity index (χ1v) is 3.53. The number of esters is 1. The van der Waals surface area contributed by atoms with Crippen LogP contribution in [0.5, 0.6) is 0 Å². The molecule has 0 aliphatic carbocycles. The number of ether oxygens (including phenoxy) is 1. The molecule has 0 spiro atoms. The molecule has 0 aromatic rings. The molecule has 0 atom stereocenters. The zero-order valence-corrected chi connectivity index (χ0v) is 6.83. The Morgan fingerprint density at radius 3 is 2.64 bits per heavy atom. The Kier molecular flexibility index (Phi) is 5.15. The predicted octanol–water partition coefficient (Wildman–Crippen LogP) is 1.18. The zero-order chi connectivity index (χ0) is 8.69. The summed E-state index contributed by atoms with van der Waals surface area (Å²) in [6.45, 7) is 3.80. The molecular formula is C7H13NO3. The second kappa shape index (κ2) is 5.70. The summed E-state index contributed by atoms with van der Waals surface area (Å²) in [5.41, 5.74) is 0.540. The normalized spacial score (nSPS) is 11.3. The SMILES string of the molecule is CCOC(=O)CCC(C)=NO. The molecule has 0 aliphatic rings. The van der Waals surface area contributed by atoms with Crippen LogP contribution in [0.25, 0.3) is 0 Å². The number of nitrogens with zero attached hydrogens (tertiary/aromatic N) is 1. The fourth-order valence-electron chi connectivity index (χ4n) is 0.566. The lowest BCUT2D eigenvalue weighted by molar-refractivity contribution is -0.142. The number of hydrogen-bond donors (Lipinski definition) is 1. The maximum Gasteiger partial charge on any atom is 0.306 e. The fourth-order valence-corrected chi connectivity index (χ4v) is 0.566. The highest BCUT2D eigenvalue weighted by Crippen LogP contribution is 1.94. The van der Waals surface area contributed by atoms with Crippen LogP contribution in [-0.4, -0.2) is 23.5 Å². The lowest BCUT2D eigenvalue weighted by Gasteiger charge is -1.99. The van der Waals surface area contributed by atoms with Crippen LogP contribution in [-0.2, 0) is 9.53 Å². The molecule has 0 radical (unpaired) electrons. The standard InChI is InChI=1S/C7H13NO3/c1-3-11-7(9)5-4-6(2)8-10/h10H,3-5H2,1-2H3. The summed E-state index contributed by atoms with van der Waals surface area (Å²) in [4.78, 5) is 10.7. The molecule has 4 nitrogen and oxygen atoms in total. The van der Waals surface area contributed by atoms with Gasteiger partial charge in [-0.2, -0.15) is 0 Å². The van der Waals surface area contributed by atoms with Gasteiger partial charge in [0, 0.05) is 0 Å². The molecule has 0 aromatic carbocycles. The number of carbonyl (C=O) groups excluding carboxylic acids is 1. The second-order valence-electron chi connectivity index (χ2n) is 2.14. The largest absolute Gasteiger partial charge is 0.466 e. The molecule has 0 saturated heterocycles. The van der Waals surface area contributed by atoms with Crippen molar-refractivity contribution >= 4 is 11.7 Å². The smallest absolute Gasteiger partial charge is 0.306 e. The summed E-state index contributed by atoms with van der Waals surface area (Å²) < 4.78 is 4.66. The highest BCUT2D eigenvalue weighted by Gasteiger charge is 2.01. The Morgan fingerprint density at radius 2 is 2.18 bits per heavy atom. The molecule has 0 aliphatic heterocycles. The van der Waals surface area contributed by atoms with E-state index in [1.165, 1.54) is 0 Å². The minimum Gasteiger partial charge on any atom is -0.466 e. The summed E-state index contributed by atoms with van der Waals surface area (Å²) in [6, 6.07) is 0. The summed E-state index contributed by atoms with van der Waals surface area (Å²) in [6.07, 6.45) is 0.735. The quantitative estimate of drug-likeness (QED) is 0.290. The minimum atomic E-state index is -0.254. The summed E-state index contributed by atoms with van der Waals surface area (Å²) in [5, 5.41) is 11.1. The average molecular weight is 159 g/mol. The monoisotopic (exact) mass is 159 g/mol. The van der Waals surface area contributed by atoms with E-state index in [1.807, 2.05) is 0 Å². The Bertz CT molecular complexity index is 154. The van der Waals surface area contributed by atoms with Crippen LogP contribution in [0, 0.1) is 0 Å². The van der Waals surface area contributed by atoms with Gasteiger partial charge >= 0.3 is 5.97 Å². The second-order valence-corrected chi connectivity index (χ2v) is 2.14. The molecule has 0 aromatic heterocycles. The molecule has 0 saturated carbocycles. The third-order valence-corrected chi connectivity index (χ3v) is 1.17. The van der Waals surface area contributed by atoms with Gasteiger partial charge in [-0.1, -0.05) is 5.16 Å². The van der Waals surface area contributed by atoms with Crippen LogP contribution in [0.1, 0.15) is 26.7 Å². The first-order chi connectivity index (χ1) is 5.20. The van der Waals surface area contributed by atoms with Crippen molar-refractivity contribution in [3.05, 3.63) is 0 Å². The van der Waals surface area contributed by atoms with Crippen LogP contribution < -0.4 is 0 Å². The van der Waals surface area contributed by atoms with E-state index in [0.29, 0.717) is 18.7 Å². The number of carbonyl (C=O) groups is 1.